The molecule has 1 rings (SSSR count). The molecule has 86 valence electrons. The molecule has 0 saturated carbocycles. The largest absolute Gasteiger partial charge is 0.396 e. The SMILES string of the molecule is CC(CCCO)NC(=O)CC1C=CCC1. The van der Waals surface area contributed by atoms with E-state index in [-0.39, 0.29) is 18.6 Å². The van der Waals surface area contributed by atoms with Crippen molar-refractivity contribution < 1.29 is 9.90 Å². The van der Waals surface area contributed by atoms with Crippen molar-refractivity contribution >= 4 is 5.91 Å². The smallest absolute Gasteiger partial charge is 0.220 e. The third-order valence-electron chi connectivity index (χ3n) is 2.76. The van der Waals surface area contributed by atoms with Gasteiger partial charge in [0.25, 0.3) is 0 Å². The summed E-state index contributed by atoms with van der Waals surface area (Å²) in [6.07, 6.45) is 8.72. The van der Waals surface area contributed by atoms with E-state index in [1.807, 2.05) is 6.92 Å². The number of carbonyl (C=O) groups is 1. The van der Waals surface area contributed by atoms with Crippen LogP contribution in [0.1, 0.15) is 39.0 Å². The number of amides is 1. The molecule has 3 nitrogen and oxygen atoms in total. The molecule has 2 unspecified atom stereocenters. The summed E-state index contributed by atoms with van der Waals surface area (Å²) in [6.45, 7) is 2.18. The number of carbonyl (C=O) groups excluding carboxylic acids is 1. The van der Waals surface area contributed by atoms with Crippen LogP contribution in [-0.2, 0) is 4.79 Å². The molecule has 0 heterocycles. The molecule has 0 saturated heterocycles. The van der Waals surface area contributed by atoms with Gasteiger partial charge in [-0.2, -0.15) is 0 Å². The van der Waals surface area contributed by atoms with Crippen molar-refractivity contribution in [3.8, 4) is 0 Å². The highest BCUT2D eigenvalue weighted by atomic mass is 16.2. The number of hydrogen-bond acceptors (Lipinski definition) is 2. The van der Waals surface area contributed by atoms with Crippen molar-refractivity contribution in [1.29, 1.82) is 0 Å². The molecule has 1 amide bonds. The van der Waals surface area contributed by atoms with E-state index in [9.17, 15) is 4.79 Å². The van der Waals surface area contributed by atoms with Crippen LogP contribution in [0, 0.1) is 5.92 Å². The topological polar surface area (TPSA) is 49.3 Å². The summed E-state index contributed by atoms with van der Waals surface area (Å²) >= 11 is 0. The number of rotatable bonds is 6. The normalized spacial score (nSPS) is 21.6. The first-order valence-corrected chi connectivity index (χ1v) is 5.79. The highest BCUT2D eigenvalue weighted by molar-refractivity contribution is 5.76. The van der Waals surface area contributed by atoms with Crippen LogP contribution < -0.4 is 5.32 Å². The molecule has 1 aliphatic carbocycles. The lowest BCUT2D eigenvalue weighted by atomic mass is 10.0. The molecule has 0 aromatic carbocycles. The van der Waals surface area contributed by atoms with Crippen LogP contribution in [0.25, 0.3) is 0 Å². The van der Waals surface area contributed by atoms with Gasteiger partial charge in [-0.1, -0.05) is 12.2 Å². The van der Waals surface area contributed by atoms with E-state index >= 15 is 0 Å². The molecule has 0 aromatic heterocycles. The van der Waals surface area contributed by atoms with Crippen LogP contribution >= 0.6 is 0 Å². The van der Waals surface area contributed by atoms with Crippen LogP contribution in [0.4, 0.5) is 0 Å². The fraction of sp³-hybridized carbons (Fsp3) is 0.750. The Labute approximate surface area is 91.6 Å². The first-order chi connectivity index (χ1) is 7.22. The lowest BCUT2D eigenvalue weighted by molar-refractivity contribution is -0.122. The van der Waals surface area contributed by atoms with Gasteiger partial charge in [-0.05, 0) is 38.5 Å². The fourth-order valence-electron chi connectivity index (χ4n) is 1.91. The first kappa shape index (κ1) is 12.2. The van der Waals surface area contributed by atoms with Gasteiger partial charge in [-0.15, -0.1) is 0 Å². The van der Waals surface area contributed by atoms with Crippen LogP contribution in [0.15, 0.2) is 12.2 Å². The molecule has 1 aliphatic rings. The Morgan fingerprint density at radius 1 is 1.67 bits per heavy atom. The van der Waals surface area contributed by atoms with Crippen molar-refractivity contribution in [2.24, 2.45) is 5.92 Å². The van der Waals surface area contributed by atoms with Crippen molar-refractivity contribution in [1.82, 2.24) is 5.32 Å². The highest BCUT2D eigenvalue weighted by Crippen LogP contribution is 2.20. The van der Waals surface area contributed by atoms with E-state index < -0.39 is 0 Å². The van der Waals surface area contributed by atoms with Crippen molar-refractivity contribution in [2.75, 3.05) is 6.61 Å². The minimum Gasteiger partial charge on any atom is -0.396 e. The molecule has 2 atom stereocenters. The molecular formula is C12H21NO2. The zero-order valence-corrected chi connectivity index (χ0v) is 9.41. The Hall–Kier alpha value is -0.830. The van der Waals surface area contributed by atoms with Gasteiger partial charge in [0.2, 0.25) is 5.91 Å². The van der Waals surface area contributed by atoms with Gasteiger partial charge in [0.15, 0.2) is 0 Å². The van der Waals surface area contributed by atoms with E-state index in [0.717, 1.165) is 25.7 Å². The van der Waals surface area contributed by atoms with Gasteiger partial charge in [0.05, 0.1) is 0 Å². The monoisotopic (exact) mass is 211 g/mol. The van der Waals surface area contributed by atoms with Crippen LogP contribution in [0.2, 0.25) is 0 Å². The maximum absolute atomic E-state index is 11.6. The summed E-state index contributed by atoms with van der Waals surface area (Å²) in [5.41, 5.74) is 0. The van der Waals surface area contributed by atoms with Crippen molar-refractivity contribution in [3.05, 3.63) is 12.2 Å². The summed E-state index contributed by atoms with van der Waals surface area (Å²) < 4.78 is 0. The summed E-state index contributed by atoms with van der Waals surface area (Å²) in [5, 5.41) is 11.6. The molecule has 0 fully saturated rings. The van der Waals surface area contributed by atoms with Gasteiger partial charge in [-0.3, -0.25) is 4.79 Å². The lowest BCUT2D eigenvalue weighted by Crippen LogP contribution is -2.33. The number of nitrogens with one attached hydrogen (secondary N) is 1. The second-order valence-electron chi connectivity index (χ2n) is 4.30. The van der Waals surface area contributed by atoms with Gasteiger partial charge in [0, 0.05) is 19.1 Å². The number of allylic oxidation sites excluding steroid dienone is 2. The third kappa shape index (κ3) is 4.98. The lowest BCUT2D eigenvalue weighted by Gasteiger charge is -2.14. The van der Waals surface area contributed by atoms with E-state index in [2.05, 4.69) is 17.5 Å². The minimum absolute atomic E-state index is 0.136. The maximum atomic E-state index is 11.6. The van der Waals surface area contributed by atoms with Crippen molar-refractivity contribution in [3.63, 3.8) is 0 Å². The van der Waals surface area contributed by atoms with Gasteiger partial charge in [0.1, 0.15) is 0 Å². The van der Waals surface area contributed by atoms with Crippen molar-refractivity contribution in [2.45, 2.75) is 45.1 Å². The highest BCUT2D eigenvalue weighted by Gasteiger charge is 2.15. The molecule has 2 N–H and O–H groups in total. The average molecular weight is 211 g/mol. The zero-order valence-electron chi connectivity index (χ0n) is 9.41. The van der Waals surface area contributed by atoms with E-state index in [4.69, 9.17) is 5.11 Å². The predicted octanol–water partition coefficient (Wildman–Crippen LogP) is 1.62. The Morgan fingerprint density at radius 2 is 2.47 bits per heavy atom. The Kier molecular flexibility index (Phi) is 5.40. The Bertz CT molecular complexity index is 226. The Balaban J connectivity index is 2.14. The van der Waals surface area contributed by atoms with Gasteiger partial charge >= 0.3 is 0 Å². The summed E-state index contributed by atoms with van der Waals surface area (Å²) in [4.78, 5) is 11.6. The summed E-state index contributed by atoms with van der Waals surface area (Å²) in [7, 11) is 0. The molecule has 0 spiro atoms. The first-order valence-electron chi connectivity index (χ1n) is 5.79. The predicted molar refractivity (Wildman–Crippen MR) is 60.4 cm³/mol. The molecule has 0 radical (unpaired) electrons. The fourth-order valence-corrected chi connectivity index (χ4v) is 1.91. The molecule has 0 aromatic rings. The average Bonchev–Trinajstić information content (AvgIpc) is 2.67. The molecule has 3 heteroatoms. The van der Waals surface area contributed by atoms with Gasteiger partial charge in [-0.25, -0.2) is 0 Å². The van der Waals surface area contributed by atoms with Crippen LogP contribution in [0.5, 0.6) is 0 Å². The van der Waals surface area contributed by atoms with Gasteiger partial charge < -0.3 is 10.4 Å². The summed E-state index contributed by atoms with van der Waals surface area (Å²) in [6, 6.07) is 0.176. The quantitative estimate of drug-likeness (QED) is 0.656. The minimum atomic E-state index is 0.136. The standard InChI is InChI=1S/C12H21NO2/c1-10(5-4-8-14)13-12(15)9-11-6-2-3-7-11/h2,6,10-11,14H,3-5,7-9H2,1H3,(H,13,15). The molecule has 15 heavy (non-hydrogen) atoms. The van der Waals surface area contributed by atoms with E-state index in [1.165, 1.54) is 0 Å². The van der Waals surface area contributed by atoms with E-state index in [1.54, 1.807) is 0 Å². The third-order valence-corrected chi connectivity index (χ3v) is 2.76. The zero-order chi connectivity index (χ0) is 11.1. The number of aliphatic hydroxyl groups excluding tert-OH is 1. The second kappa shape index (κ2) is 6.62. The molecular weight excluding hydrogens is 190 g/mol. The summed E-state index contributed by atoms with van der Waals surface area (Å²) in [5.74, 6) is 0.576. The second-order valence-corrected chi connectivity index (χ2v) is 4.30. The Morgan fingerprint density at radius 3 is 3.07 bits per heavy atom. The number of hydrogen-bond donors (Lipinski definition) is 2. The van der Waals surface area contributed by atoms with Crippen LogP contribution in [-0.4, -0.2) is 23.7 Å². The molecule has 0 bridgehead atoms. The molecule has 0 aliphatic heterocycles. The van der Waals surface area contributed by atoms with Crippen LogP contribution in [0.3, 0.4) is 0 Å². The number of aliphatic hydroxyl groups is 1. The van der Waals surface area contributed by atoms with E-state index in [0.29, 0.717) is 12.3 Å². The maximum Gasteiger partial charge on any atom is 0.220 e.